The topological polar surface area (TPSA) is 83.1 Å². The third-order valence-corrected chi connectivity index (χ3v) is 6.66. The molecule has 0 aliphatic rings. The van der Waals surface area contributed by atoms with Gasteiger partial charge in [-0.1, -0.05) is 12.1 Å². The molecule has 1 amide bonds. The highest BCUT2D eigenvalue weighted by atomic mass is 79.9. The average Bonchev–Trinajstić information content (AvgIpc) is 3.17. The Hall–Kier alpha value is -3.30. The van der Waals surface area contributed by atoms with E-state index in [1.165, 1.54) is 24.5 Å². The predicted molar refractivity (Wildman–Crippen MR) is 142 cm³/mol. The van der Waals surface area contributed by atoms with E-state index in [9.17, 15) is 9.59 Å². The fourth-order valence-corrected chi connectivity index (χ4v) is 5.21. The number of hydrogen-bond acceptors (Lipinski definition) is 7. The van der Waals surface area contributed by atoms with Gasteiger partial charge < -0.3 is 24.3 Å². The lowest BCUT2D eigenvalue weighted by molar-refractivity contribution is -0.111. The van der Waals surface area contributed by atoms with Crippen molar-refractivity contribution in [2.45, 2.75) is 13.8 Å². The fourth-order valence-electron chi connectivity index (χ4n) is 3.52. The van der Waals surface area contributed by atoms with Crippen molar-refractivity contribution in [1.82, 2.24) is 0 Å². The summed E-state index contributed by atoms with van der Waals surface area (Å²) in [6.45, 7) is 4.38. The lowest BCUT2D eigenvalue weighted by Gasteiger charge is -2.10. The molecule has 3 rings (SSSR count). The summed E-state index contributed by atoms with van der Waals surface area (Å²) in [7, 11) is 4.41. The van der Waals surface area contributed by atoms with Crippen LogP contribution in [0.2, 0.25) is 0 Å². The van der Waals surface area contributed by atoms with Crippen LogP contribution in [0.3, 0.4) is 0 Å². The standard InChI is InChI=1S/C26H26BrNO6S/c1-6-34-18-10-8-17(9-11-18)22-15(2)35-25(23(22)26(30)33-5)28-21(29)12-7-16-13-19(27)24(32-4)20(14-16)31-3/h7-14H,6H2,1-5H3,(H,28,29). The summed E-state index contributed by atoms with van der Waals surface area (Å²) in [5, 5.41) is 3.24. The van der Waals surface area contributed by atoms with Gasteiger partial charge >= 0.3 is 5.97 Å². The van der Waals surface area contributed by atoms with Crippen LogP contribution in [0.1, 0.15) is 27.7 Å². The van der Waals surface area contributed by atoms with E-state index in [1.807, 2.05) is 44.2 Å². The van der Waals surface area contributed by atoms with Gasteiger partial charge in [0.25, 0.3) is 0 Å². The Morgan fingerprint density at radius 3 is 2.40 bits per heavy atom. The molecule has 0 aliphatic carbocycles. The highest BCUT2D eigenvalue weighted by Crippen LogP contribution is 2.41. The molecule has 2 aromatic carbocycles. The summed E-state index contributed by atoms with van der Waals surface area (Å²) >= 11 is 4.76. The Labute approximate surface area is 216 Å². The van der Waals surface area contributed by atoms with Gasteiger partial charge in [-0.15, -0.1) is 11.3 Å². The van der Waals surface area contributed by atoms with E-state index in [1.54, 1.807) is 26.4 Å². The molecule has 1 N–H and O–H groups in total. The molecule has 0 radical (unpaired) electrons. The van der Waals surface area contributed by atoms with E-state index < -0.39 is 5.97 Å². The Kier molecular flexibility index (Phi) is 8.95. The number of esters is 1. The smallest absolute Gasteiger partial charge is 0.341 e. The number of benzene rings is 2. The van der Waals surface area contributed by atoms with Crippen molar-refractivity contribution < 1.29 is 28.5 Å². The van der Waals surface area contributed by atoms with Crippen LogP contribution >= 0.6 is 27.3 Å². The van der Waals surface area contributed by atoms with E-state index in [0.29, 0.717) is 38.7 Å². The number of halogens is 1. The van der Waals surface area contributed by atoms with Crippen molar-refractivity contribution in [3.05, 3.63) is 63.0 Å². The summed E-state index contributed by atoms with van der Waals surface area (Å²) in [4.78, 5) is 26.3. The minimum absolute atomic E-state index is 0.315. The van der Waals surface area contributed by atoms with Gasteiger partial charge in [0.15, 0.2) is 11.5 Å². The molecule has 0 saturated heterocycles. The number of anilines is 1. The van der Waals surface area contributed by atoms with Crippen molar-refractivity contribution in [2.75, 3.05) is 33.3 Å². The zero-order chi connectivity index (χ0) is 25.5. The normalized spacial score (nSPS) is 10.8. The first-order valence-corrected chi connectivity index (χ1v) is 12.3. The van der Waals surface area contributed by atoms with Crippen LogP contribution in [0.4, 0.5) is 5.00 Å². The minimum Gasteiger partial charge on any atom is -0.494 e. The Balaban J connectivity index is 1.90. The molecule has 35 heavy (non-hydrogen) atoms. The zero-order valence-corrected chi connectivity index (χ0v) is 22.5. The van der Waals surface area contributed by atoms with Crippen LogP contribution in [-0.2, 0) is 9.53 Å². The summed E-state index contributed by atoms with van der Waals surface area (Å²) in [5.41, 5.74) is 2.59. The molecule has 3 aromatic rings. The quantitative estimate of drug-likeness (QED) is 0.243. The van der Waals surface area contributed by atoms with Gasteiger partial charge in [-0.2, -0.15) is 0 Å². The largest absolute Gasteiger partial charge is 0.494 e. The summed E-state index contributed by atoms with van der Waals surface area (Å²) < 4.78 is 21.9. The lowest BCUT2D eigenvalue weighted by atomic mass is 10.0. The first kappa shape index (κ1) is 26.3. The van der Waals surface area contributed by atoms with Crippen molar-refractivity contribution in [3.8, 4) is 28.4 Å². The van der Waals surface area contributed by atoms with Crippen LogP contribution in [0.25, 0.3) is 17.2 Å². The van der Waals surface area contributed by atoms with E-state index in [-0.39, 0.29) is 5.91 Å². The van der Waals surface area contributed by atoms with Gasteiger partial charge in [0.2, 0.25) is 5.91 Å². The highest BCUT2D eigenvalue weighted by molar-refractivity contribution is 9.10. The Morgan fingerprint density at radius 2 is 1.80 bits per heavy atom. The van der Waals surface area contributed by atoms with Crippen LogP contribution in [-0.4, -0.2) is 39.8 Å². The molecule has 1 heterocycles. The second-order valence-corrected chi connectivity index (χ2v) is 9.33. The van der Waals surface area contributed by atoms with Gasteiger partial charge in [-0.25, -0.2) is 4.79 Å². The molecule has 0 bridgehead atoms. The Morgan fingerprint density at radius 1 is 1.09 bits per heavy atom. The third kappa shape index (κ3) is 6.04. The predicted octanol–water partition coefficient (Wildman–Crippen LogP) is 6.34. The second kappa shape index (κ2) is 11.9. The van der Waals surface area contributed by atoms with Crippen LogP contribution in [0, 0.1) is 6.92 Å². The summed E-state index contributed by atoms with van der Waals surface area (Å²) in [5.74, 6) is 0.919. The maximum absolute atomic E-state index is 12.8. The molecule has 0 saturated carbocycles. The maximum Gasteiger partial charge on any atom is 0.341 e. The molecule has 0 aliphatic heterocycles. The number of amides is 1. The summed E-state index contributed by atoms with van der Waals surface area (Å²) in [6, 6.07) is 11.0. The molecular formula is C26H26BrNO6S. The molecule has 1 aromatic heterocycles. The second-order valence-electron chi connectivity index (χ2n) is 7.25. The fraction of sp³-hybridized carbons (Fsp3) is 0.231. The van der Waals surface area contributed by atoms with E-state index in [4.69, 9.17) is 18.9 Å². The number of thiophene rings is 1. The molecule has 0 fully saturated rings. The lowest BCUT2D eigenvalue weighted by Crippen LogP contribution is -2.11. The molecule has 0 unspecified atom stereocenters. The SMILES string of the molecule is CCOc1ccc(-c2c(C)sc(NC(=O)C=Cc3cc(Br)c(OC)c(OC)c3)c2C(=O)OC)cc1. The number of aryl methyl sites for hydroxylation is 1. The van der Waals surface area contributed by atoms with Gasteiger partial charge in [-0.05, 0) is 71.2 Å². The van der Waals surface area contributed by atoms with Gasteiger partial charge in [0.05, 0.1) is 32.4 Å². The number of methoxy groups -OCH3 is 3. The molecule has 9 heteroatoms. The highest BCUT2D eigenvalue weighted by Gasteiger charge is 2.25. The molecular weight excluding hydrogens is 534 g/mol. The monoisotopic (exact) mass is 559 g/mol. The zero-order valence-electron chi connectivity index (χ0n) is 20.1. The first-order chi connectivity index (χ1) is 16.8. The number of carbonyl (C=O) groups excluding carboxylic acids is 2. The average molecular weight is 560 g/mol. The maximum atomic E-state index is 12.8. The number of nitrogens with one attached hydrogen (secondary N) is 1. The van der Waals surface area contributed by atoms with Crippen LogP contribution in [0.5, 0.6) is 17.2 Å². The third-order valence-electron chi connectivity index (χ3n) is 5.05. The first-order valence-electron chi connectivity index (χ1n) is 10.7. The summed E-state index contributed by atoms with van der Waals surface area (Å²) in [6.07, 6.45) is 3.04. The van der Waals surface area contributed by atoms with Crippen molar-refractivity contribution >= 4 is 50.2 Å². The number of rotatable bonds is 9. The van der Waals surface area contributed by atoms with Crippen LogP contribution in [0.15, 0.2) is 46.9 Å². The molecule has 0 spiro atoms. The molecule has 0 atom stereocenters. The molecule has 7 nitrogen and oxygen atoms in total. The Bertz CT molecular complexity index is 1250. The van der Waals surface area contributed by atoms with Gasteiger partial charge in [0.1, 0.15) is 16.3 Å². The van der Waals surface area contributed by atoms with E-state index in [0.717, 1.165) is 21.8 Å². The van der Waals surface area contributed by atoms with Gasteiger partial charge in [0, 0.05) is 16.5 Å². The number of ether oxygens (including phenoxy) is 4. The van der Waals surface area contributed by atoms with E-state index in [2.05, 4.69) is 21.2 Å². The van der Waals surface area contributed by atoms with Crippen LogP contribution < -0.4 is 19.5 Å². The van der Waals surface area contributed by atoms with Crippen molar-refractivity contribution in [1.29, 1.82) is 0 Å². The van der Waals surface area contributed by atoms with Crippen molar-refractivity contribution in [3.63, 3.8) is 0 Å². The van der Waals surface area contributed by atoms with E-state index >= 15 is 0 Å². The number of hydrogen-bond donors (Lipinski definition) is 1. The van der Waals surface area contributed by atoms with Crippen molar-refractivity contribution in [2.24, 2.45) is 0 Å². The minimum atomic E-state index is -0.527. The number of carbonyl (C=O) groups is 2. The molecule has 184 valence electrons. The van der Waals surface area contributed by atoms with Gasteiger partial charge in [-0.3, -0.25) is 4.79 Å².